The van der Waals surface area contributed by atoms with E-state index in [-0.39, 0.29) is 5.60 Å². The second kappa shape index (κ2) is 5.31. The first-order valence-corrected chi connectivity index (χ1v) is 7.05. The number of hydrogen-bond donors (Lipinski definition) is 1. The maximum absolute atomic E-state index is 6.07. The van der Waals surface area contributed by atoms with E-state index in [0.29, 0.717) is 6.04 Å². The Bertz CT molecular complexity index is 412. The number of ether oxygens (including phenoxy) is 1. The van der Waals surface area contributed by atoms with Crippen molar-refractivity contribution in [2.45, 2.75) is 58.1 Å². The topological polar surface area (TPSA) is 21.3 Å². The van der Waals surface area contributed by atoms with Crippen molar-refractivity contribution in [3.8, 4) is 5.75 Å². The minimum Gasteiger partial charge on any atom is -0.487 e. The van der Waals surface area contributed by atoms with Gasteiger partial charge in [-0.25, -0.2) is 0 Å². The van der Waals surface area contributed by atoms with Gasteiger partial charge in [-0.1, -0.05) is 25.5 Å². The molecule has 2 rings (SSSR count). The number of rotatable bonds is 4. The standard InChI is InChI=1S/C16H25NO/c1-5-6-7-12-8-9-15-13(10-12)14(17-4)11-16(2,3)18-15/h8-10,14,17H,5-7,11H2,1-4H3. The molecule has 1 unspecified atom stereocenters. The van der Waals surface area contributed by atoms with E-state index in [9.17, 15) is 0 Å². The highest BCUT2D eigenvalue weighted by Crippen LogP contribution is 2.39. The molecule has 0 fully saturated rings. The second-order valence-corrected chi connectivity index (χ2v) is 5.88. The maximum atomic E-state index is 6.07. The van der Waals surface area contributed by atoms with Crippen molar-refractivity contribution in [1.29, 1.82) is 0 Å². The van der Waals surface area contributed by atoms with Gasteiger partial charge in [-0.15, -0.1) is 0 Å². The molecule has 0 aliphatic carbocycles. The van der Waals surface area contributed by atoms with Gasteiger partial charge in [-0.2, -0.15) is 0 Å². The van der Waals surface area contributed by atoms with Crippen LogP contribution in [0.1, 0.15) is 57.2 Å². The average molecular weight is 247 g/mol. The summed E-state index contributed by atoms with van der Waals surface area (Å²) in [5.74, 6) is 1.05. The Labute approximate surface area is 111 Å². The molecule has 2 nitrogen and oxygen atoms in total. The Morgan fingerprint density at radius 3 is 2.83 bits per heavy atom. The molecule has 18 heavy (non-hydrogen) atoms. The summed E-state index contributed by atoms with van der Waals surface area (Å²) in [6, 6.07) is 7.08. The highest BCUT2D eigenvalue weighted by molar-refractivity contribution is 5.42. The van der Waals surface area contributed by atoms with Crippen LogP contribution < -0.4 is 10.1 Å². The van der Waals surface area contributed by atoms with Crippen molar-refractivity contribution in [1.82, 2.24) is 5.32 Å². The molecule has 1 aromatic carbocycles. The normalized spacial score (nSPS) is 21.2. The van der Waals surface area contributed by atoms with E-state index in [2.05, 4.69) is 44.3 Å². The molecule has 1 aromatic rings. The molecular formula is C16H25NO. The molecule has 0 spiro atoms. The van der Waals surface area contributed by atoms with Crippen molar-refractivity contribution >= 4 is 0 Å². The fourth-order valence-corrected chi connectivity index (χ4v) is 2.70. The molecule has 1 aliphatic rings. The predicted molar refractivity (Wildman–Crippen MR) is 76.2 cm³/mol. The first kappa shape index (κ1) is 13.4. The molecule has 0 saturated heterocycles. The van der Waals surface area contributed by atoms with Crippen LogP contribution in [0.5, 0.6) is 5.75 Å². The summed E-state index contributed by atoms with van der Waals surface area (Å²) in [4.78, 5) is 0. The van der Waals surface area contributed by atoms with Crippen LogP contribution in [-0.2, 0) is 6.42 Å². The van der Waals surface area contributed by atoms with Crippen LogP contribution >= 0.6 is 0 Å². The third-order valence-corrected chi connectivity index (χ3v) is 3.70. The van der Waals surface area contributed by atoms with Gasteiger partial charge in [-0.3, -0.25) is 0 Å². The van der Waals surface area contributed by atoms with E-state index >= 15 is 0 Å². The highest BCUT2D eigenvalue weighted by Gasteiger charge is 2.32. The van der Waals surface area contributed by atoms with Gasteiger partial charge >= 0.3 is 0 Å². The number of fused-ring (bicyclic) bond motifs is 1. The quantitative estimate of drug-likeness (QED) is 0.872. The summed E-state index contributed by atoms with van der Waals surface area (Å²) in [6.07, 6.45) is 4.70. The van der Waals surface area contributed by atoms with Gasteiger partial charge < -0.3 is 10.1 Å². The molecule has 0 aromatic heterocycles. The molecule has 0 saturated carbocycles. The monoisotopic (exact) mass is 247 g/mol. The Hall–Kier alpha value is -1.02. The summed E-state index contributed by atoms with van der Waals surface area (Å²) >= 11 is 0. The van der Waals surface area contributed by atoms with Gasteiger partial charge in [0.05, 0.1) is 0 Å². The maximum Gasteiger partial charge on any atom is 0.124 e. The van der Waals surface area contributed by atoms with Crippen LogP contribution in [-0.4, -0.2) is 12.6 Å². The Morgan fingerprint density at radius 1 is 1.39 bits per heavy atom. The Kier molecular flexibility index (Phi) is 3.96. The summed E-state index contributed by atoms with van der Waals surface area (Å²) in [5, 5.41) is 3.42. The summed E-state index contributed by atoms with van der Waals surface area (Å²) in [7, 11) is 2.04. The number of unbranched alkanes of at least 4 members (excludes halogenated alkanes) is 1. The van der Waals surface area contributed by atoms with Crippen LogP contribution in [0.2, 0.25) is 0 Å². The second-order valence-electron chi connectivity index (χ2n) is 5.88. The molecular weight excluding hydrogens is 222 g/mol. The van der Waals surface area contributed by atoms with Gasteiger partial charge in [0, 0.05) is 18.0 Å². The minimum absolute atomic E-state index is 0.0778. The van der Waals surface area contributed by atoms with Crippen LogP contribution in [0, 0.1) is 0 Å². The lowest BCUT2D eigenvalue weighted by molar-refractivity contribution is 0.0675. The summed E-state index contributed by atoms with van der Waals surface area (Å²) in [5.41, 5.74) is 2.68. The average Bonchev–Trinajstić information content (AvgIpc) is 2.34. The van der Waals surface area contributed by atoms with Crippen LogP contribution in [0.3, 0.4) is 0 Å². The van der Waals surface area contributed by atoms with Crippen molar-refractivity contribution < 1.29 is 4.74 Å². The van der Waals surface area contributed by atoms with Crippen LogP contribution in [0.15, 0.2) is 18.2 Å². The third-order valence-electron chi connectivity index (χ3n) is 3.70. The zero-order valence-electron chi connectivity index (χ0n) is 12.0. The largest absolute Gasteiger partial charge is 0.487 e. The van der Waals surface area contributed by atoms with E-state index in [4.69, 9.17) is 4.74 Å². The first-order valence-electron chi connectivity index (χ1n) is 7.05. The minimum atomic E-state index is -0.0778. The fraction of sp³-hybridized carbons (Fsp3) is 0.625. The van der Waals surface area contributed by atoms with E-state index in [1.807, 2.05) is 7.05 Å². The van der Waals surface area contributed by atoms with Gasteiger partial charge in [0.2, 0.25) is 0 Å². The fourth-order valence-electron chi connectivity index (χ4n) is 2.70. The predicted octanol–water partition coefficient (Wildman–Crippen LogP) is 3.85. The molecule has 100 valence electrons. The number of hydrogen-bond acceptors (Lipinski definition) is 2. The van der Waals surface area contributed by atoms with Gasteiger partial charge in [0.15, 0.2) is 0 Å². The van der Waals surface area contributed by atoms with Crippen molar-refractivity contribution in [2.75, 3.05) is 7.05 Å². The molecule has 1 atom stereocenters. The van der Waals surface area contributed by atoms with E-state index < -0.39 is 0 Å². The lowest BCUT2D eigenvalue weighted by Crippen LogP contribution is -2.38. The Morgan fingerprint density at radius 2 is 2.17 bits per heavy atom. The van der Waals surface area contributed by atoms with E-state index in [0.717, 1.165) is 12.2 Å². The lowest BCUT2D eigenvalue weighted by atomic mass is 9.88. The number of benzene rings is 1. The number of nitrogens with one attached hydrogen (secondary N) is 1. The summed E-state index contributed by atoms with van der Waals surface area (Å²) < 4.78 is 6.07. The number of aryl methyl sites for hydroxylation is 1. The molecule has 0 amide bonds. The zero-order valence-corrected chi connectivity index (χ0v) is 12.0. The molecule has 0 radical (unpaired) electrons. The zero-order chi connectivity index (χ0) is 13.2. The van der Waals surface area contributed by atoms with Crippen LogP contribution in [0.25, 0.3) is 0 Å². The van der Waals surface area contributed by atoms with Gasteiger partial charge in [-0.05, 0) is 45.4 Å². The van der Waals surface area contributed by atoms with E-state index in [1.54, 1.807) is 0 Å². The Balaban J connectivity index is 2.27. The molecule has 0 bridgehead atoms. The first-order chi connectivity index (χ1) is 8.55. The van der Waals surface area contributed by atoms with E-state index in [1.165, 1.54) is 30.4 Å². The molecule has 2 heteroatoms. The summed E-state index contributed by atoms with van der Waals surface area (Å²) in [6.45, 7) is 6.55. The van der Waals surface area contributed by atoms with Crippen LogP contribution in [0.4, 0.5) is 0 Å². The highest BCUT2D eigenvalue weighted by atomic mass is 16.5. The molecule has 1 N–H and O–H groups in total. The van der Waals surface area contributed by atoms with Gasteiger partial charge in [0.1, 0.15) is 11.4 Å². The van der Waals surface area contributed by atoms with Crippen molar-refractivity contribution in [3.05, 3.63) is 29.3 Å². The third kappa shape index (κ3) is 2.86. The lowest BCUT2D eigenvalue weighted by Gasteiger charge is -2.37. The smallest absolute Gasteiger partial charge is 0.124 e. The van der Waals surface area contributed by atoms with Crippen molar-refractivity contribution in [2.24, 2.45) is 0 Å². The van der Waals surface area contributed by atoms with Crippen molar-refractivity contribution in [3.63, 3.8) is 0 Å². The SMILES string of the molecule is CCCCc1ccc2c(c1)C(NC)CC(C)(C)O2. The van der Waals surface area contributed by atoms with Gasteiger partial charge in [0.25, 0.3) is 0 Å². The molecule has 1 aliphatic heterocycles. The molecule has 1 heterocycles.